The largest absolute Gasteiger partial charge is 0.493 e. The topological polar surface area (TPSA) is 54.0 Å². The molecular weight excluding hydrogens is 236 g/mol. The quantitative estimate of drug-likeness (QED) is 0.755. The minimum absolute atomic E-state index is 0.337. The molecule has 0 N–H and O–H groups in total. The van der Waals surface area contributed by atoms with Crippen LogP contribution in [0.25, 0.3) is 0 Å². The van der Waals surface area contributed by atoms with E-state index in [0.717, 1.165) is 5.56 Å². The summed E-state index contributed by atoms with van der Waals surface area (Å²) in [5, 5.41) is 0. The highest BCUT2D eigenvalue weighted by Gasteiger charge is 2.17. The van der Waals surface area contributed by atoms with Gasteiger partial charge in [-0.3, -0.25) is 4.79 Å². The molecule has 1 aromatic rings. The number of ether oxygens (including phenoxy) is 4. The summed E-state index contributed by atoms with van der Waals surface area (Å²) in [7, 11) is 4.62. The molecule has 0 aliphatic rings. The van der Waals surface area contributed by atoms with Gasteiger partial charge in [0.1, 0.15) is 6.10 Å². The van der Waals surface area contributed by atoms with Crippen LogP contribution in [0.2, 0.25) is 0 Å². The molecule has 1 atom stereocenters. The first kappa shape index (κ1) is 14.2. The Hall–Kier alpha value is -1.91. The zero-order chi connectivity index (χ0) is 13.7. The van der Waals surface area contributed by atoms with Gasteiger partial charge in [0.05, 0.1) is 21.3 Å². The molecule has 0 aliphatic heterocycles. The molecule has 18 heavy (non-hydrogen) atoms. The maximum atomic E-state index is 11.0. The number of carbonyl (C=O) groups excluding carboxylic acids is 1. The Morgan fingerprint density at radius 2 is 1.56 bits per heavy atom. The van der Waals surface area contributed by atoms with Crippen molar-refractivity contribution in [3.8, 4) is 17.2 Å². The van der Waals surface area contributed by atoms with Gasteiger partial charge in [0.15, 0.2) is 11.5 Å². The van der Waals surface area contributed by atoms with Crippen LogP contribution in [0.15, 0.2) is 12.1 Å². The van der Waals surface area contributed by atoms with E-state index in [1.54, 1.807) is 19.1 Å². The Kier molecular flexibility index (Phi) is 4.83. The van der Waals surface area contributed by atoms with Crippen LogP contribution in [-0.4, -0.2) is 27.3 Å². The molecule has 0 aliphatic carbocycles. The molecule has 0 spiro atoms. The summed E-state index contributed by atoms with van der Waals surface area (Å²) in [6.45, 7) is 3.15. The van der Waals surface area contributed by atoms with Crippen LogP contribution in [0.1, 0.15) is 25.5 Å². The van der Waals surface area contributed by atoms with Crippen molar-refractivity contribution in [2.45, 2.75) is 20.0 Å². The van der Waals surface area contributed by atoms with Gasteiger partial charge in [-0.25, -0.2) is 0 Å². The van der Waals surface area contributed by atoms with Crippen molar-refractivity contribution in [2.75, 3.05) is 21.3 Å². The third-order valence-corrected chi connectivity index (χ3v) is 2.50. The van der Waals surface area contributed by atoms with Gasteiger partial charge in [0, 0.05) is 6.92 Å². The highest BCUT2D eigenvalue weighted by Crippen LogP contribution is 2.40. The van der Waals surface area contributed by atoms with E-state index in [0.29, 0.717) is 17.2 Å². The maximum Gasteiger partial charge on any atom is 0.303 e. The predicted octanol–water partition coefficient (Wildman–Crippen LogP) is 2.34. The van der Waals surface area contributed by atoms with E-state index in [9.17, 15) is 4.79 Å². The Morgan fingerprint density at radius 1 is 1.06 bits per heavy atom. The van der Waals surface area contributed by atoms with Crippen molar-refractivity contribution < 1.29 is 23.7 Å². The highest BCUT2D eigenvalue weighted by molar-refractivity contribution is 5.66. The van der Waals surface area contributed by atoms with Gasteiger partial charge in [-0.2, -0.15) is 0 Å². The highest BCUT2D eigenvalue weighted by atomic mass is 16.5. The zero-order valence-electron chi connectivity index (χ0n) is 11.3. The normalized spacial score (nSPS) is 11.6. The van der Waals surface area contributed by atoms with Crippen molar-refractivity contribution in [2.24, 2.45) is 0 Å². The van der Waals surface area contributed by atoms with Crippen LogP contribution < -0.4 is 14.2 Å². The minimum atomic E-state index is -0.379. The summed E-state index contributed by atoms with van der Waals surface area (Å²) in [4.78, 5) is 11.0. The molecule has 5 heteroatoms. The first-order valence-corrected chi connectivity index (χ1v) is 5.50. The van der Waals surface area contributed by atoms with Crippen LogP contribution >= 0.6 is 0 Å². The second kappa shape index (κ2) is 6.14. The maximum absolute atomic E-state index is 11.0. The van der Waals surface area contributed by atoms with Gasteiger partial charge < -0.3 is 18.9 Å². The summed E-state index contributed by atoms with van der Waals surface area (Å²) < 4.78 is 20.8. The molecule has 100 valence electrons. The van der Waals surface area contributed by atoms with Crippen LogP contribution in [0.4, 0.5) is 0 Å². The molecule has 5 nitrogen and oxygen atoms in total. The molecular formula is C13H18O5. The Morgan fingerprint density at radius 3 is 1.89 bits per heavy atom. The minimum Gasteiger partial charge on any atom is -0.493 e. The molecule has 1 aromatic carbocycles. The van der Waals surface area contributed by atoms with Crippen LogP contribution in [0.3, 0.4) is 0 Å². The number of rotatable bonds is 5. The third-order valence-electron chi connectivity index (χ3n) is 2.50. The van der Waals surface area contributed by atoms with Crippen LogP contribution in [-0.2, 0) is 9.53 Å². The lowest BCUT2D eigenvalue weighted by molar-refractivity contribution is -0.145. The molecule has 0 bridgehead atoms. The van der Waals surface area contributed by atoms with Gasteiger partial charge in [0.2, 0.25) is 5.75 Å². The number of hydrogen-bond acceptors (Lipinski definition) is 5. The number of hydrogen-bond donors (Lipinski definition) is 0. The number of benzene rings is 1. The fourth-order valence-corrected chi connectivity index (χ4v) is 1.65. The zero-order valence-corrected chi connectivity index (χ0v) is 11.3. The van der Waals surface area contributed by atoms with E-state index >= 15 is 0 Å². The molecule has 0 unspecified atom stereocenters. The summed E-state index contributed by atoms with van der Waals surface area (Å²) in [5.74, 6) is 1.24. The van der Waals surface area contributed by atoms with Gasteiger partial charge >= 0.3 is 5.97 Å². The molecule has 0 aromatic heterocycles. The Bertz CT molecular complexity index is 402. The second-order valence-electron chi connectivity index (χ2n) is 3.71. The van der Waals surface area contributed by atoms with E-state index < -0.39 is 0 Å². The Labute approximate surface area is 107 Å². The van der Waals surface area contributed by atoms with Crippen LogP contribution in [0.5, 0.6) is 17.2 Å². The lowest BCUT2D eigenvalue weighted by Crippen LogP contribution is -2.06. The lowest BCUT2D eigenvalue weighted by Gasteiger charge is -2.17. The van der Waals surface area contributed by atoms with Gasteiger partial charge in [0.25, 0.3) is 0 Å². The number of esters is 1. The van der Waals surface area contributed by atoms with Crippen molar-refractivity contribution in [3.05, 3.63) is 17.7 Å². The smallest absolute Gasteiger partial charge is 0.303 e. The summed E-state index contributed by atoms with van der Waals surface area (Å²) >= 11 is 0. The van der Waals surface area contributed by atoms with Crippen LogP contribution in [0, 0.1) is 0 Å². The fourth-order valence-electron chi connectivity index (χ4n) is 1.65. The monoisotopic (exact) mass is 254 g/mol. The van der Waals surface area contributed by atoms with Crippen molar-refractivity contribution >= 4 is 5.97 Å². The SMILES string of the molecule is COc1cc([C@H](C)OC(C)=O)cc(OC)c1OC. The summed E-state index contributed by atoms with van der Waals surface area (Å²) in [6, 6.07) is 3.52. The van der Waals surface area contributed by atoms with Crippen molar-refractivity contribution in [1.82, 2.24) is 0 Å². The molecule has 0 saturated carbocycles. The molecule has 0 amide bonds. The van der Waals surface area contributed by atoms with E-state index in [-0.39, 0.29) is 12.1 Å². The van der Waals surface area contributed by atoms with E-state index in [1.165, 1.54) is 28.3 Å². The average Bonchev–Trinajstić information content (AvgIpc) is 2.35. The number of carbonyl (C=O) groups is 1. The van der Waals surface area contributed by atoms with E-state index in [4.69, 9.17) is 18.9 Å². The van der Waals surface area contributed by atoms with Crippen molar-refractivity contribution in [3.63, 3.8) is 0 Å². The molecule has 0 heterocycles. The molecule has 1 rings (SSSR count). The van der Waals surface area contributed by atoms with Gasteiger partial charge in [-0.1, -0.05) is 0 Å². The van der Waals surface area contributed by atoms with Gasteiger partial charge in [-0.15, -0.1) is 0 Å². The lowest BCUT2D eigenvalue weighted by atomic mass is 10.1. The Balaban J connectivity index is 3.18. The van der Waals surface area contributed by atoms with Gasteiger partial charge in [-0.05, 0) is 24.6 Å². The summed E-state index contributed by atoms with van der Waals surface area (Å²) in [6.07, 6.45) is -0.379. The second-order valence-corrected chi connectivity index (χ2v) is 3.71. The fraction of sp³-hybridized carbons (Fsp3) is 0.462. The average molecular weight is 254 g/mol. The summed E-state index contributed by atoms with van der Waals surface area (Å²) in [5.41, 5.74) is 0.778. The molecule has 0 fully saturated rings. The molecule has 0 radical (unpaired) electrons. The van der Waals surface area contributed by atoms with E-state index in [1.807, 2.05) is 0 Å². The first-order valence-electron chi connectivity index (χ1n) is 5.50. The van der Waals surface area contributed by atoms with Crippen molar-refractivity contribution in [1.29, 1.82) is 0 Å². The predicted molar refractivity (Wildman–Crippen MR) is 66.3 cm³/mol. The first-order chi connectivity index (χ1) is 8.53. The number of methoxy groups -OCH3 is 3. The molecule has 0 saturated heterocycles. The standard InChI is InChI=1S/C13H18O5/c1-8(18-9(2)14)10-6-11(15-3)13(17-5)12(7-10)16-4/h6-8H,1-5H3/t8-/m0/s1. The van der Waals surface area contributed by atoms with E-state index in [2.05, 4.69) is 0 Å². The third kappa shape index (κ3) is 3.06.